The number of para-hydroxylation sites is 1. The largest absolute Gasteiger partial charge is 0.383 e. The van der Waals surface area contributed by atoms with E-state index in [2.05, 4.69) is 0 Å². The molecule has 1 saturated carbocycles. The van der Waals surface area contributed by atoms with E-state index in [1.54, 1.807) is 11.4 Å². The molecule has 5 heteroatoms. The Hall–Kier alpha value is -1.07. The number of ether oxygens (including phenoxy) is 1. The van der Waals surface area contributed by atoms with Crippen molar-refractivity contribution in [3.8, 4) is 0 Å². The summed E-state index contributed by atoms with van der Waals surface area (Å²) in [5.41, 5.74) is 3.06. The van der Waals surface area contributed by atoms with Gasteiger partial charge in [0.15, 0.2) is 0 Å². The molecule has 19 heavy (non-hydrogen) atoms. The van der Waals surface area contributed by atoms with Crippen molar-refractivity contribution in [3.63, 3.8) is 0 Å². The maximum absolute atomic E-state index is 12.9. The number of hydrogen-bond donors (Lipinski definition) is 0. The Labute approximate surface area is 114 Å². The Morgan fingerprint density at radius 1 is 1.37 bits per heavy atom. The second-order valence-electron chi connectivity index (χ2n) is 5.53. The molecule has 0 atom stereocenters. The standard InChI is InChI=1S/C14H19NO3S/c1-11-4-3-5-12-6-9-15(13(11)12)19(16,17)14(7-8-14)10-18-2/h3-5H,6-10H2,1-2H3. The van der Waals surface area contributed by atoms with Crippen molar-refractivity contribution in [2.75, 3.05) is 24.6 Å². The fourth-order valence-electron chi connectivity index (χ4n) is 2.97. The average Bonchev–Trinajstić information content (AvgIpc) is 3.02. The van der Waals surface area contributed by atoms with Crippen molar-refractivity contribution in [2.24, 2.45) is 0 Å². The molecule has 0 amide bonds. The lowest BCUT2D eigenvalue weighted by molar-refractivity contribution is 0.191. The van der Waals surface area contributed by atoms with Crippen LogP contribution in [0.25, 0.3) is 0 Å². The molecule has 3 rings (SSSR count). The van der Waals surface area contributed by atoms with Gasteiger partial charge in [-0.1, -0.05) is 18.2 Å². The normalized spacial score (nSPS) is 20.4. The zero-order valence-electron chi connectivity index (χ0n) is 11.3. The third-order valence-corrected chi connectivity index (χ3v) is 6.77. The highest BCUT2D eigenvalue weighted by Crippen LogP contribution is 2.48. The first kappa shape index (κ1) is 12.9. The Morgan fingerprint density at radius 2 is 2.11 bits per heavy atom. The van der Waals surface area contributed by atoms with E-state index < -0.39 is 14.8 Å². The van der Waals surface area contributed by atoms with Gasteiger partial charge in [0.05, 0.1) is 12.3 Å². The molecule has 104 valence electrons. The topological polar surface area (TPSA) is 46.6 Å². The van der Waals surface area contributed by atoms with Gasteiger partial charge in [0.2, 0.25) is 10.0 Å². The predicted molar refractivity (Wildman–Crippen MR) is 75.0 cm³/mol. The van der Waals surface area contributed by atoms with Gasteiger partial charge in [-0.15, -0.1) is 0 Å². The lowest BCUT2D eigenvalue weighted by atomic mass is 10.1. The number of aryl methyl sites for hydroxylation is 1. The smallest absolute Gasteiger partial charge is 0.243 e. The number of rotatable bonds is 4. The molecule has 4 nitrogen and oxygen atoms in total. The van der Waals surface area contributed by atoms with Gasteiger partial charge < -0.3 is 4.74 Å². The summed E-state index contributed by atoms with van der Waals surface area (Å²) in [4.78, 5) is 0. The fourth-order valence-corrected chi connectivity index (χ4v) is 5.15. The highest BCUT2D eigenvalue weighted by atomic mass is 32.2. The van der Waals surface area contributed by atoms with Gasteiger partial charge in [-0.25, -0.2) is 8.42 Å². The maximum Gasteiger partial charge on any atom is 0.243 e. The first-order valence-corrected chi connectivity index (χ1v) is 8.06. The summed E-state index contributed by atoms with van der Waals surface area (Å²) in [5, 5.41) is 0. The Kier molecular flexibility index (Phi) is 2.87. The zero-order chi connectivity index (χ0) is 13.7. The van der Waals surface area contributed by atoms with Crippen LogP contribution in [0.1, 0.15) is 24.0 Å². The van der Waals surface area contributed by atoms with Crippen molar-refractivity contribution in [1.29, 1.82) is 0 Å². The second-order valence-corrected chi connectivity index (χ2v) is 7.78. The molecular formula is C14H19NO3S. The Morgan fingerprint density at radius 3 is 2.74 bits per heavy atom. The molecular weight excluding hydrogens is 262 g/mol. The third-order valence-electron chi connectivity index (χ3n) is 4.21. The highest BCUT2D eigenvalue weighted by Gasteiger charge is 2.58. The monoisotopic (exact) mass is 281 g/mol. The van der Waals surface area contributed by atoms with Crippen molar-refractivity contribution < 1.29 is 13.2 Å². The summed E-state index contributed by atoms with van der Waals surface area (Å²) in [6.45, 7) is 2.84. The summed E-state index contributed by atoms with van der Waals surface area (Å²) in [7, 11) is -1.75. The van der Waals surface area contributed by atoms with Crippen LogP contribution >= 0.6 is 0 Å². The molecule has 0 radical (unpaired) electrons. The molecule has 0 saturated heterocycles. The SMILES string of the molecule is COCC1(S(=O)(=O)N2CCc3cccc(C)c32)CC1. The van der Waals surface area contributed by atoms with Gasteiger partial charge in [-0.3, -0.25) is 4.31 Å². The molecule has 1 aliphatic carbocycles. The Balaban J connectivity index is 2.02. The summed E-state index contributed by atoms with van der Waals surface area (Å²) in [5.74, 6) is 0. The highest BCUT2D eigenvalue weighted by molar-refractivity contribution is 7.94. The molecule has 0 N–H and O–H groups in total. The summed E-state index contributed by atoms with van der Waals surface area (Å²) >= 11 is 0. The van der Waals surface area contributed by atoms with E-state index in [1.165, 1.54) is 0 Å². The van der Waals surface area contributed by atoms with Crippen molar-refractivity contribution in [1.82, 2.24) is 0 Å². The van der Waals surface area contributed by atoms with Gasteiger partial charge >= 0.3 is 0 Å². The van der Waals surface area contributed by atoms with E-state index in [0.717, 1.165) is 23.2 Å². The minimum Gasteiger partial charge on any atom is -0.383 e. The number of anilines is 1. The summed E-state index contributed by atoms with van der Waals surface area (Å²) < 4.78 is 31.8. The molecule has 0 aromatic heterocycles. The van der Waals surface area contributed by atoms with Crippen LogP contribution in [0.2, 0.25) is 0 Å². The molecule has 1 fully saturated rings. The quantitative estimate of drug-likeness (QED) is 0.846. The van der Waals surface area contributed by atoms with Crippen LogP contribution in [0.5, 0.6) is 0 Å². The summed E-state index contributed by atoms with van der Waals surface area (Å²) in [6, 6.07) is 5.99. The number of methoxy groups -OCH3 is 1. The molecule has 1 aliphatic heterocycles. The van der Waals surface area contributed by atoms with E-state index in [1.807, 2.05) is 25.1 Å². The average molecular weight is 281 g/mol. The van der Waals surface area contributed by atoms with E-state index in [0.29, 0.717) is 26.0 Å². The molecule has 1 aromatic carbocycles. The molecule has 2 aliphatic rings. The van der Waals surface area contributed by atoms with Gasteiger partial charge in [-0.2, -0.15) is 0 Å². The Bertz CT molecular complexity index is 605. The number of nitrogens with zero attached hydrogens (tertiary/aromatic N) is 1. The van der Waals surface area contributed by atoms with E-state index in [9.17, 15) is 8.42 Å². The predicted octanol–water partition coefficient (Wildman–Crippen LogP) is 1.87. The number of sulfonamides is 1. The maximum atomic E-state index is 12.9. The number of fused-ring (bicyclic) bond motifs is 1. The minimum absolute atomic E-state index is 0.299. The lowest BCUT2D eigenvalue weighted by Crippen LogP contribution is -2.42. The third kappa shape index (κ3) is 1.79. The van der Waals surface area contributed by atoms with E-state index in [-0.39, 0.29) is 0 Å². The van der Waals surface area contributed by atoms with Gasteiger partial charge in [0.25, 0.3) is 0 Å². The molecule has 0 spiro atoms. The number of benzene rings is 1. The fraction of sp³-hybridized carbons (Fsp3) is 0.571. The van der Waals surface area contributed by atoms with Gasteiger partial charge in [0, 0.05) is 13.7 Å². The summed E-state index contributed by atoms with van der Waals surface area (Å²) in [6.07, 6.45) is 2.22. The van der Waals surface area contributed by atoms with Crippen LogP contribution in [0, 0.1) is 6.92 Å². The van der Waals surface area contributed by atoms with Crippen LogP contribution in [0.15, 0.2) is 18.2 Å². The van der Waals surface area contributed by atoms with E-state index in [4.69, 9.17) is 4.74 Å². The van der Waals surface area contributed by atoms with Crippen LogP contribution in [0.4, 0.5) is 5.69 Å². The van der Waals surface area contributed by atoms with Crippen LogP contribution in [-0.2, 0) is 21.2 Å². The van der Waals surface area contributed by atoms with Crippen molar-refractivity contribution >= 4 is 15.7 Å². The molecule has 1 heterocycles. The first-order chi connectivity index (χ1) is 9.02. The van der Waals surface area contributed by atoms with Crippen LogP contribution in [0.3, 0.4) is 0 Å². The van der Waals surface area contributed by atoms with Crippen LogP contribution in [-0.4, -0.2) is 33.4 Å². The zero-order valence-corrected chi connectivity index (χ0v) is 12.2. The molecule has 0 bridgehead atoms. The lowest BCUT2D eigenvalue weighted by Gasteiger charge is -2.26. The molecule has 1 aromatic rings. The first-order valence-electron chi connectivity index (χ1n) is 6.62. The van der Waals surface area contributed by atoms with Gasteiger partial charge in [0.1, 0.15) is 4.75 Å². The van der Waals surface area contributed by atoms with Crippen LogP contribution < -0.4 is 4.31 Å². The van der Waals surface area contributed by atoms with E-state index >= 15 is 0 Å². The van der Waals surface area contributed by atoms with Crippen molar-refractivity contribution in [3.05, 3.63) is 29.3 Å². The minimum atomic E-state index is -3.32. The van der Waals surface area contributed by atoms with Crippen molar-refractivity contribution in [2.45, 2.75) is 30.9 Å². The number of hydrogen-bond acceptors (Lipinski definition) is 3. The second kappa shape index (κ2) is 4.21. The molecule has 0 unspecified atom stereocenters. The van der Waals surface area contributed by atoms with Gasteiger partial charge in [-0.05, 0) is 37.3 Å².